The van der Waals surface area contributed by atoms with Crippen LogP contribution in [0.3, 0.4) is 0 Å². The Kier molecular flexibility index (Phi) is 3.75. The number of nitro benzene ring substituents is 1. The average Bonchev–Trinajstić information content (AvgIpc) is 2.94. The number of nitrogens with zero attached hydrogens (tertiary/aromatic N) is 2. The minimum atomic E-state index is -3.74. The molecule has 0 aliphatic carbocycles. The molecular formula is C14H14N2O4S2. The lowest BCUT2D eigenvalue weighted by Gasteiger charge is -2.26. The van der Waals surface area contributed by atoms with Gasteiger partial charge < -0.3 is 0 Å². The SMILES string of the molecule is Cc1ccc([N+](=O)[O-])cc1S(=O)(=O)N1CCc2sccc2C1. The van der Waals surface area contributed by atoms with E-state index < -0.39 is 14.9 Å². The number of fused-ring (bicyclic) bond motifs is 1. The number of hydrogen-bond acceptors (Lipinski definition) is 5. The van der Waals surface area contributed by atoms with Gasteiger partial charge in [0.25, 0.3) is 5.69 Å². The van der Waals surface area contributed by atoms with Gasteiger partial charge in [-0.05, 0) is 35.9 Å². The maximum atomic E-state index is 12.8. The van der Waals surface area contributed by atoms with Crippen LogP contribution in [0.15, 0.2) is 34.5 Å². The molecule has 0 fully saturated rings. The summed E-state index contributed by atoms with van der Waals surface area (Å²) in [6.45, 7) is 2.37. The van der Waals surface area contributed by atoms with Crippen LogP contribution in [-0.2, 0) is 23.0 Å². The molecule has 116 valence electrons. The highest BCUT2D eigenvalue weighted by molar-refractivity contribution is 7.89. The van der Waals surface area contributed by atoms with Gasteiger partial charge >= 0.3 is 0 Å². The van der Waals surface area contributed by atoms with Crippen molar-refractivity contribution >= 4 is 27.0 Å². The minimum Gasteiger partial charge on any atom is -0.258 e. The van der Waals surface area contributed by atoms with Gasteiger partial charge in [0.1, 0.15) is 0 Å². The van der Waals surface area contributed by atoms with E-state index in [2.05, 4.69) is 0 Å². The van der Waals surface area contributed by atoms with E-state index in [0.29, 0.717) is 25.1 Å². The molecule has 1 aromatic carbocycles. The number of hydrogen-bond donors (Lipinski definition) is 0. The Morgan fingerprint density at radius 3 is 2.82 bits per heavy atom. The van der Waals surface area contributed by atoms with Crippen LogP contribution in [0, 0.1) is 17.0 Å². The number of rotatable bonds is 3. The monoisotopic (exact) mass is 338 g/mol. The Morgan fingerprint density at radius 2 is 2.09 bits per heavy atom. The van der Waals surface area contributed by atoms with Gasteiger partial charge in [0.2, 0.25) is 10.0 Å². The van der Waals surface area contributed by atoms with Crippen molar-refractivity contribution in [2.45, 2.75) is 24.8 Å². The van der Waals surface area contributed by atoms with Crippen LogP contribution in [0.4, 0.5) is 5.69 Å². The Bertz CT molecular complexity index is 842. The van der Waals surface area contributed by atoms with E-state index in [1.807, 2.05) is 11.4 Å². The standard InChI is InChI=1S/C14H14N2O4S2/c1-10-2-3-12(16(17)18)8-14(10)22(19,20)15-6-4-13-11(9-15)5-7-21-13/h2-3,5,7-8H,4,6,9H2,1H3. The summed E-state index contributed by atoms with van der Waals surface area (Å²) in [7, 11) is -3.74. The number of sulfonamides is 1. The average molecular weight is 338 g/mol. The van der Waals surface area contributed by atoms with E-state index in [-0.39, 0.29) is 10.6 Å². The van der Waals surface area contributed by atoms with Crippen LogP contribution in [0.5, 0.6) is 0 Å². The smallest absolute Gasteiger partial charge is 0.258 e. The van der Waals surface area contributed by atoms with Crippen molar-refractivity contribution in [2.24, 2.45) is 0 Å². The molecule has 1 aliphatic rings. The molecule has 0 spiro atoms. The Labute approximate surface area is 132 Å². The number of nitro groups is 1. The van der Waals surface area contributed by atoms with E-state index in [0.717, 1.165) is 11.6 Å². The van der Waals surface area contributed by atoms with E-state index in [4.69, 9.17) is 0 Å². The summed E-state index contributed by atoms with van der Waals surface area (Å²) < 4.78 is 27.0. The summed E-state index contributed by atoms with van der Waals surface area (Å²) in [5, 5.41) is 12.9. The predicted octanol–water partition coefficient (Wildman–Crippen LogP) is 2.71. The van der Waals surface area contributed by atoms with Gasteiger partial charge in [-0.3, -0.25) is 10.1 Å². The Balaban J connectivity index is 2.00. The number of aryl methyl sites for hydroxylation is 1. The van der Waals surface area contributed by atoms with Crippen molar-refractivity contribution in [2.75, 3.05) is 6.54 Å². The minimum absolute atomic E-state index is 0.0142. The van der Waals surface area contributed by atoms with Crippen LogP contribution in [0.2, 0.25) is 0 Å². The number of thiophene rings is 1. The summed E-state index contributed by atoms with van der Waals surface area (Å²) in [6.07, 6.45) is 0.681. The molecule has 22 heavy (non-hydrogen) atoms. The first-order chi connectivity index (χ1) is 10.4. The highest BCUT2D eigenvalue weighted by Crippen LogP contribution is 2.30. The molecule has 0 saturated heterocycles. The van der Waals surface area contributed by atoms with Crippen molar-refractivity contribution < 1.29 is 13.3 Å². The zero-order valence-corrected chi connectivity index (χ0v) is 13.5. The van der Waals surface area contributed by atoms with Crippen LogP contribution in [0.25, 0.3) is 0 Å². The summed E-state index contributed by atoms with van der Waals surface area (Å²) >= 11 is 1.63. The molecule has 0 bridgehead atoms. The van der Waals surface area contributed by atoms with Crippen molar-refractivity contribution in [3.8, 4) is 0 Å². The fourth-order valence-corrected chi connectivity index (χ4v) is 5.10. The molecular weight excluding hydrogens is 324 g/mol. The van der Waals surface area contributed by atoms with Gasteiger partial charge in [0, 0.05) is 30.1 Å². The maximum Gasteiger partial charge on any atom is 0.270 e. The molecule has 6 nitrogen and oxygen atoms in total. The summed E-state index contributed by atoms with van der Waals surface area (Å²) in [5.41, 5.74) is 1.32. The molecule has 8 heteroatoms. The van der Waals surface area contributed by atoms with Gasteiger partial charge in [-0.1, -0.05) is 6.07 Å². The summed E-state index contributed by atoms with van der Waals surface area (Å²) in [6, 6.07) is 5.88. The molecule has 0 N–H and O–H groups in total. The van der Waals surface area contributed by atoms with Gasteiger partial charge in [-0.2, -0.15) is 4.31 Å². The van der Waals surface area contributed by atoms with Gasteiger partial charge in [0.15, 0.2) is 0 Å². The van der Waals surface area contributed by atoms with E-state index >= 15 is 0 Å². The first-order valence-electron chi connectivity index (χ1n) is 6.70. The molecule has 2 heterocycles. The second-order valence-electron chi connectivity index (χ2n) is 5.16. The Hall–Kier alpha value is -1.77. The third kappa shape index (κ3) is 2.53. The highest BCUT2D eigenvalue weighted by Gasteiger charge is 2.31. The first kappa shape index (κ1) is 15.1. The summed E-state index contributed by atoms with van der Waals surface area (Å²) in [5.74, 6) is 0. The molecule has 0 unspecified atom stereocenters. The molecule has 0 saturated carbocycles. The van der Waals surface area contributed by atoms with Crippen molar-refractivity contribution in [3.05, 3.63) is 55.8 Å². The van der Waals surface area contributed by atoms with E-state index in [1.165, 1.54) is 21.3 Å². The first-order valence-corrected chi connectivity index (χ1v) is 9.02. The van der Waals surface area contributed by atoms with Crippen molar-refractivity contribution in [1.82, 2.24) is 4.31 Å². The zero-order chi connectivity index (χ0) is 15.9. The second kappa shape index (κ2) is 5.45. The molecule has 0 atom stereocenters. The highest BCUT2D eigenvalue weighted by atomic mass is 32.2. The zero-order valence-electron chi connectivity index (χ0n) is 11.9. The molecule has 0 amide bonds. The lowest BCUT2D eigenvalue weighted by molar-refractivity contribution is -0.385. The Morgan fingerprint density at radius 1 is 1.32 bits per heavy atom. The fourth-order valence-electron chi connectivity index (χ4n) is 2.55. The van der Waals surface area contributed by atoms with Crippen LogP contribution >= 0.6 is 11.3 Å². The molecule has 3 rings (SSSR count). The van der Waals surface area contributed by atoms with E-state index in [1.54, 1.807) is 18.3 Å². The van der Waals surface area contributed by atoms with Crippen LogP contribution in [-0.4, -0.2) is 24.2 Å². The maximum absolute atomic E-state index is 12.8. The van der Waals surface area contributed by atoms with Crippen LogP contribution in [0.1, 0.15) is 16.0 Å². The third-order valence-corrected chi connectivity index (χ3v) is 6.78. The molecule has 1 aliphatic heterocycles. The molecule has 0 radical (unpaired) electrons. The fraction of sp³-hybridized carbons (Fsp3) is 0.286. The normalized spacial score (nSPS) is 15.5. The molecule has 2 aromatic rings. The second-order valence-corrected chi connectivity index (χ2v) is 8.07. The third-order valence-electron chi connectivity index (χ3n) is 3.77. The lowest BCUT2D eigenvalue weighted by Crippen LogP contribution is -2.35. The number of benzene rings is 1. The summed E-state index contributed by atoms with van der Waals surface area (Å²) in [4.78, 5) is 11.5. The van der Waals surface area contributed by atoms with Gasteiger partial charge in [0.05, 0.1) is 9.82 Å². The van der Waals surface area contributed by atoms with Crippen molar-refractivity contribution in [1.29, 1.82) is 0 Å². The number of non-ortho nitro benzene ring substituents is 1. The van der Waals surface area contributed by atoms with Crippen LogP contribution < -0.4 is 0 Å². The van der Waals surface area contributed by atoms with Gasteiger partial charge in [-0.15, -0.1) is 11.3 Å². The van der Waals surface area contributed by atoms with Gasteiger partial charge in [-0.25, -0.2) is 8.42 Å². The van der Waals surface area contributed by atoms with Crippen molar-refractivity contribution in [3.63, 3.8) is 0 Å². The molecule has 1 aromatic heterocycles. The topological polar surface area (TPSA) is 80.5 Å². The predicted molar refractivity (Wildman–Crippen MR) is 83.5 cm³/mol. The quantitative estimate of drug-likeness (QED) is 0.636. The largest absolute Gasteiger partial charge is 0.270 e. The lowest BCUT2D eigenvalue weighted by atomic mass is 10.1. The van der Waals surface area contributed by atoms with E-state index in [9.17, 15) is 18.5 Å².